The van der Waals surface area contributed by atoms with E-state index in [1.54, 1.807) is 0 Å². The molecule has 0 spiro atoms. The van der Waals surface area contributed by atoms with Gasteiger partial charge in [-0.3, -0.25) is 0 Å². The Hall–Kier alpha value is 0.152. The summed E-state index contributed by atoms with van der Waals surface area (Å²) in [6.45, 7) is 0. The summed E-state index contributed by atoms with van der Waals surface area (Å²) in [5, 5.41) is 15.3. The summed E-state index contributed by atoms with van der Waals surface area (Å²) in [5.41, 5.74) is 0. The molecule has 5 heteroatoms. The molecule has 4 nitrogen and oxygen atoms in total. The topological polar surface area (TPSA) is 90.4 Å². The van der Waals surface area contributed by atoms with E-state index < -0.39 is 6.16 Å². The van der Waals surface area contributed by atoms with Crippen LogP contribution in [0.3, 0.4) is 0 Å². The van der Waals surface area contributed by atoms with E-state index in [4.69, 9.17) is 15.0 Å². The second kappa shape index (κ2) is 8.94. The molecule has 0 atom stereocenters. The SMILES string of the molecule is O=C([O-])O.[OH-].[Pb+2]. The molecule has 34 valence electrons. The van der Waals surface area contributed by atoms with Gasteiger partial charge < -0.3 is 20.5 Å². The Bertz CT molecular complexity index is 30.5. The van der Waals surface area contributed by atoms with Crippen molar-refractivity contribution in [2.45, 2.75) is 0 Å². The smallest absolute Gasteiger partial charge is 0.870 e. The zero-order valence-electron chi connectivity index (χ0n) is 2.71. The average Bonchev–Trinajstić information content (AvgIpc) is 0.811. The standard InChI is InChI=1S/CH2O3.H2O.Pb/c2-1(3)4;;/h(H2,2,3,4);1H2;/q;;+2/p-2. The van der Waals surface area contributed by atoms with Crippen LogP contribution in [-0.2, 0) is 0 Å². The van der Waals surface area contributed by atoms with Gasteiger partial charge in [0, 0.05) is 0 Å². The molecule has 0 amide bonds. The summed E-state index contributed by atoms with van der Waals surface area (Å²) in [6, 6.07) is 0. The van der Waals surface area contributed by atoms with Gasteiger partial charge in [-0.2, -0.15) is 0 Å². The normalized spacial score (nSPS) is 4.00. The third-order valence-electron chi connectivity index (χ3n) is 0. The third-order valence-corrected chi connectivity index (χ3v) is 0. The van der Waals surface area contributed by atoms with Gasteiger partial charge in [-0.05, 0) is 0 Å². The number of hydrogen-bond donors (Lipinski definition) is 1. The van der Waals surface area contributed by atoms with Gasteiger partial charge in [0.15, 0.2) is 0 Å². The number of rotatable bonds is 0. The van der Waals surface area contributed by atoms with Crippen molar-refractivity contribution in [3.05, 3.63) is 0 Å². The molecular weight excluding hydrogens is 283 g/mol. The zero-order valence-corrected chi connectivity index (χ0v) is 6.60. The average molecular weight is 285 g/mol. The van der Waals surface area contributed by atoms with Gasteiger partial charge in [-0.25, -0.2) is 0 Å². The van der Waals surface area contributed by atoms with Crippen LogP contribution in [0.15, 0.2) is 0 Å². The first-order chi connectivity index (χ1) is 1.73. The predicted molar refractivity (Wildman–Crippen MR) is 15.7 cm³/mol. The number of carbonyl (C=O) groups is 1. The van der Waals surface area contributed by atoms with Crippen molar-refractivity contribution in [1.29, 1.82) is 0 Å². The van der Waals surface area contributed by atoms with Crippen molar-refractivity contribution in [3.63, 3.8) is 0 Å². The molecule has 2 N–H and O–H groups in total. The van der Waals surface area contributed by atoms with Crippen LogP contribution in [-0.4, -0.2) is 44.0 Å². The van der Waals surface area contributed by atoms with Crippen LogP contribution in [0.5, 0.6) is 0 Å². The summed E-state index contributed by atoms with van der Waals surface area (Å²) in [4.78, 5) is 8.44. The Morgan fingerprint density at radius 3 is 1.67 bits per heavy atom. The van der Waals surface area contributed by atoms with Gasteiger partial charge in [-0.1, -0.05) is 0 Å². The van der Waals surface area contributed by atoms with Crippen LogP contribution in [0.1, 0.15) is 0 Å². The zero-order chi connectivity index (χ0) is 3.58. The van der Waals surface area contributed by atoms with Crippen molar-refractivity contribution in [1.82, 2.24) is 0 Å². The molecule has 0 saturated heterocycles. The predicted octanol–water partition coefficient (Wildman–Crippen LogP) is -1.67. The minimum atomic E-state index is -2.08. The van der Waals surface area contributed by atoms with Crippen molar-refractivity contribution in [2.24, 2.45) is 0 Å². The van der Waals surface area contributed by atoms with E-state index in [0.717, 1.165) is 0 Å². The maximum absolute atomic E-state index is 8.44. The van der Waals surface area contributed by atoms with Crippen LogP contribution >= 0.6 is 0 Å². The first-order valence-electron chi connectivity index (χ1n) is 0.632. The summed E-state index contributed by atoms with van der Waals surface area (Å²) in [7, 11) is 0. The molecule has 0 heterocycles. The van der Waals surface area contributed by atoms with Gasteiger partial charge in [0.1, 0.15) is 0 Å². The molecule has 0 rings (SSSR count). The maximum Gasteiger partial charge on any atom is 2.00 e. The Balaban J connectivity index is -0.0000000450. The molecule has 0 aliphatic heterocycles. The molecule has 0 aromatic carbocycles. The van der Waals surface area contributed by atoms with Crippen LogP contribution in [0, 0.1) is 0 Å². The Morgan fingerprint density at radius 1 is 1.67 bits per heavy atom. The number of carboxylic acid groups (broad SMARTS) is 2. The van der Waals surface area contributed by atoms with E-state index in [1.165, 1.54) is 0 Å². The largest absolute Gasteiger partial charge is 2.00 e. The molecule has 0 fully saturated rings. The molecular formula is CH2O4Pb. The van der Waals surface area contributed by atoms with Gasteiger partial charge in [0.05, 0.1) is 0 Å². The Kier molecular flexibility index (Phi) is 24.5. The van der Waals surface area contributed by atoms with E-state index >= 15 is 0 Å². The Morgan fingerprint density at radius 2 is 1.67 bits per heavy atom. The van der Waals surface area contributed by atoms with Crippen LogP contribution in [0.2, 0.25) is 0 Å². The fraction of sp³-hybridized carbons (Fsp3) is 0. The fourth-order valence-electron chi connectivity index (χ4n) is 0. The fourth-order valence-corrected chi connectivity index (χ4v) is 0. The van der Waals surface area contributed by atoms with Crippen LogP contribution < -0.4 is 5.11 Å². The van der Waals surface area contributed by atoms with Crippen molar-refractivity contribution in [3.8, 4) is 0 Å². The molecule has 0 unspecified atom stereocenters. The maximum atomic E-state index is 8.44. The second-order valence-corrected chi connectivity index (χ2v) is 0.266. The van der Waals surface area contributed by atoms with Gasteiger partial charge >= 0.3 is 27.3 Å². The van der Waals surface area contributed by atoms with Crippen molar-refractivity contribution >= 4 is 33.5 Å². The van der Waals surface area contributed by atoms with E-state index in [9.17, 15) is 0 Å². The minimum absolute atomic E-state index is 0. The van der Waals surface area contributed by atoms with Gasteiger partial charge in [-0.15, -0.1) is 0 Å². The van der Waals surface area contributed by atoms with Crippen LogP contribution in [0.25, 0.3) is 0 Å². The molecule has 6 heavy (non-hydrogen) atoms. The monoisotopic (exact) mass is 286 g/mol. The van der Waals surface area contributed by atoms with E-state index in [0.29, 0.717) is 0 Å². The molecule has 0 bridgehead atoms. The first kappa shape index (κ1) is 16.4. The Labute approximate surface area is 54.3 Å². The molecule has 0 aliphatic carbocycles. The van der Waals surface area contributed by atoms with E-state index in [1.807, 2.05) is 0 Å². The molecule has 2 radical (unpaired) electrons. The molecule has 0 aliphatic rings. The first-order valence-corrected chi connectivity index (χ1v) is 0.632. The number of hydrogen-bond acceptors (Lipinski definition) is 3. The van der Waals surface area contributed by atoms with Gasteiger partial charge in [0.2, 0.25) is 6.16 Å². The van der Waals surface area contributed by atoms with Crippen molar-refractivity contribution in [2.75, 3.05) is 0 Å². The van der Waals surface area contributed by atoms with E-state index in [2.05, 4.69) is 0 Å². The summed E-state index contributed by atoms with van der Waals surface area (Å²) < 4.78 is 0. The van der Waals surface area contributed by atoms with Crippen molar-refractivity contribution < 1.29 is 20.5 Å². The molecule has 0 aromatic heterocycles. The summed E-state index contributed by atoms with van der Waals surface area (Å²) in [6.07, 6.45) is -2.08. The second-order valence-electron chi connectivity index (χ2n) is 0.266. The quantitative estimate of drug-likeness (QED) is 0.539. The molecule has 0 aromatic rings. The van der Waals surface area contributed by atoms with E-state index in [-0.39, 0.29) is 32.8 Å². The molecule has 0 saturated carbocycles. The van der Waals surface area contributed by atoms with Crippen LogP contribution in [0.4, 0.5) is 4.79 Å². The third kappa shape index (κ3) is 1780. The minimum Gasteiger partial charge on any atom is -0.870 e. The van der Waals surface area contributed by atoms with Gasteiger partial charge in [0.25, 0.3) is 0 Å². The summed E-state index contributed by atoms with van der Waals surface area (Å²) in [5.74, 6) is 0. The summed E-state index contributed by atoms with van der Waals surface area (Å²) >= 11 is 0.